The number of urea groups is 1. The fourth-order valence-corrected chi connectivity index (χ4v) is 1.13. The first-order valence-corrected chi connectivity index (χ1v) is 5.37. The van der Waals surface area contributed by atoms with E-state index in [-0.39, 0.29) is 5.92 Å². The summed E-state index contributed by atoms with van der Waals surface area (Å²) < 4.78 is 0. The maximum Gasteiger partial charge on any atom is 0.337 e. The van der Waals surface area contributed by atoms with Crippen molar-refractivity contribution in [3.63, 3.8) is 0 Å². The summed E-state index contributed by atoms with van der Waals surface area (Å²) in [5, 5.41) is 22.6. The van der Waals surface area contributed by atoms with E-state index in [1.54, 1.807) is 13.8 Å². The molecule has 18 heavy (non-hydrogen) atoms. The van der Waals surface area contributed by atoms with E-state index in [4.69, 9.17) is 10.8 Å². The highest BCUT2D eigenvalue weighted by Crippen LogP contribution is 2.04. The third-order valence-corrected chi connectivity index (χ3v) is 2.31. The van der Waals surface area contributed by atoms with Crippen LogP contribution in [0.1, 0.15) is 20.8 Å². The molecule has 0 fully saturated rings. The van der Waals surface area contributed by atoms with Gasteiger partial charge < -0.3 is 26.6 Å². The Balaban J connectivity index is 4.54. The minimum Gasteiger partial charge on any atom is -0.479 e. The highest BCUT2D eigenvalue weighted by atomic mass is 16.4. The van der Waals surface area contributed by atoms with E-state index in [0.717, 1.165) is 6.92 Å². The van der Waals surface area contributed by atoms with Crippen molar-refractivity contribution < 1.29 is 24.6 Å². The van der Waals surface area contributed by atoms with Crippen LogP contribution in [0.5, 0.6) is 0 Å². The minimum absolute atomic E-state index is 0.229. The monoisotopic (exact) mass is 261 g/mol. The van der Waals surface area contributed by atoms with E-state index in [0.29, 0.717) is 0 Å². The number of amides is 3. The first-order chi connectivity index (χ1) is 8.08. The molecule has 0 aliphatic heterocycles. The summed E-state index contributed by atoms with van der Waals surface area (Å²) >= 11 is 0. The Hall–Kier alpha value is -1.83. The van der Waals surface area contributed by atoms with Crippen LogP contribution in [-0.2, 0) is 9.59 Å². The lowest BCUT2D eigenvalue weighted by atomic mass is 10.0. The van der Waals surface area contributed by atoms with E-state index < -0.39 is 36.1 Å². The molecule has 3 amide bonds. The van der Waals surface area contributed by atoms with Crippen LogP contribution in [0.4, 0.5) is 4.79 Å². The zero-order chi connectivity index (χ0) is 14.5. The van der Waals surface area contributed by atoms with Crippen molar-refractivity contribution in [3.05, 3.63) is 0 Å². The molecule has 0 heterocycles. The predicted molar refractivity (Wildman–Crippen MR) is 62.6 cm³/mol. The van der Waals surface area contributed by atoms with Gasteiger partial charge in [-0.05, 0) is 12.8 Å². The number of aliphatic hydroxyl groups is 1. The largest absolute Gasteiger partial charge is 0.479 e. The fourth-order valence-electron chi connectivity index (χ4n) is 1.13. The van der Waals surface area contributed by atoms with Crippen LogP contribution < -0.4 is 16.4 Å². The summed E-state index contributed by atoms with van der Waals surface area (Å²) in [6.45, 7) is 3.97. The average Bonchev–Trinajstić information content (AvgIpc) is 2.21. The predicted octanol–water partition coefficient (Wildman–Crippen LogP) is -1.37. The zero-order valence-corrected chi connectivity index (χ0v) is 10.6. The summed E-state index contributed by atoms with van der Waals surface area (Å²) in [7, 11) is 0. The van der Waals surface area contributed by atoms with Crippen LogP contribution in [0, 0.1) is 5.92 Å². The number of primary amides is 1. The van der Waals surface area contributed by atoms with Gasteiger partial charge in [-0.1, -0.05) is 13.8 Å². The van der Waals surface area contributed by atoms with Gasteiger partial charge in [-0.25, -0.2) is 9.59 Å². The molecule has 6 N–H and O–H groups in total. The van der Waals surface area contributed by atoms with Crippen molar-refractivity contribution in [1.29, 1.82) is 0 Å². The second-order valence-corrected chi connectivity index (χ2v) is 4.53. The van der Waals surface area contributed by atoms with Gasteiger partial charge in [-0.3, -0.25) is 4.79 Å². The smallest absolute Gasteiger partial charge is 0.337 e. The van der Waals surface area contributed by atoms with Gasteiger partial charge in [-0.15, -0.1) is 0 Å². The number of carbonyl (C=O) groups is 3. The van der Waals surface area contributed by atoms with Crippen LogP contribution in [0.25, 0.3) is 0 Å². The lowest BCUT2D eigenvalue weighted by Crippen LogP contribution is -2.55. The van der Waals surface area contributed by atoms with Crippen LogP contribution in [0.15, 0.2) is 0 Å². The number of nitrogens with two attached hydrogens (primary N) is 1. The molecule has 0 aliphatic carbocycles. The van der Waals surface area contributed by atoms with Crippen molar-refractivity contribution in [2.45, 2.75) is 32.4 Å². The number of aliphatic carboxylic acids is 1. The van der Waals surface area contributed by atoms with Crippen LogP contribution in [0.3, 0.4) is 0 Å². The molecule has 104 valence electrons. The van der Waals surface area contributed by atoms with Gasteiger partial charge >= 0.3 is 12.0 Å². The fraction of sp³-hybridized carbons (Fsp3) is 0.700. The van der Waals surface area contributed by atoms with Crippen LogP contribution >= 0.6 is 0 Å². The molecular weight excluding hydrogens is 242 g/mol. The lowest BCUT2D eigenvalue weighted by Gasteiger charge is -2.23. The molecule has 0 spiro atoms. The minimum atomic E-state index is -2.07. The van der Waals surface area contributed by atoms with Gasteiger partial charge in [0.05, 0.1) is 6.54 Å². The molecule has 0 aliphatic rings. The Morgan fingerprint density at radius 2 is 1.83 bits per heavy atom. The highest BCUT2D eigenvalue weighted by molar-refractivity contribution is 5.87. The molecular formula is C10H19N3O5. The number of carboxylic acid groups (broad SMARTS) is 1. The Bertz CT molecular complexity index is 340. The highest BCUT2D eigenvalue weighted by Gasteiger charge is 2.32. The van der Waals surface area contributed by atoms with Gasteiger partial charge in [0, 0.05) is 0 Å². The van der Waals surface area contributed by atoms with E-state index >= 15 is 0 Å². The maximum atomic E-state index is 11.7. The standard InChI is InChI=1S/C10H19N3O5/c1-5(2)6(13-9(11)17)7(14)12-4-10(3,18)8(15)16/h5-6,18H,4H2,1-3H3,(H,12,14)(H,15,16)(H3,11,13,17). The first kappa shape index (κ1) is 16.2. The number of rotatable bonds is 6. The normalized spacial score (nSPS) is 15.6. The van der Waals surface area contributed by atoms with Crippen LogP contribution in [-0.4, -0.2) is 46.3 Å². The van der Waals surface area contributed by atoms with Gasteiger partial charge in [0.25, 0.3) is 0 Å². The molecule has 0 saturated carbocycles. The average molecular weight is 261 g/mol. The summed E-state index contributed by atoms with van der Waals surface area (Å²) in [6.07, 6.45) is 0. The third kappa shape index (κ3) is 5.00. The van der Waals surface area contributed by atoms with E-state index in [1.807, 2.05) is 0 Å². The lowest BCUT2D eigenvalue weighted by molar-refractivity contribution is -0.156. The number of nitrogens with one attached hydrogen (secondary N) is 2. The van der Waals surface area contributed by atoms with Gasteiger partial charge in [0.1, 0.15) is 6.04 Å². The molecule has 8 heteroatoms. The van der Waals surface area contributed by atoms with Gasteiger partial charge in [0.15, 0.2) is 5.60 Å². The number of hydrogen-bond acceptors (Lipinski definition) is 4. The summed E-state index contributed by atoms with van der Waals surface area (Å²) in [5.74, 6) is -2.29. The quantitative estimate of drug-likeness (QED) is 0.401. The number of carboxylic acids is 1. The molecule has 0 aromatic rings. The molecule has 0 rings (SSSR count). The SMILES string of the molecule is CC(C)C(NC(N)=O)C(=O)NCC(C)(O)C(=O)O. The maximum absolute atomic E-state index is 11.7. The van der Waals surface area contributed by atoms with Crippen molar-refractivity contribution in [2.75, 3.05) is 6.54 Å². The second-order valence-electron chi connectivity index (χ2n) is 4.53. The molecule has 0 aromatic carbocycles. The Kier molecular flexibility index (Phi) is 5.57. The molecule has 0 saturated heterocycles. The third-order valence-electron chi connectivity index (χ3n) is 2.31. The molecule has 8 nitrogen and oxygen atoms in total. The molecule has 2 unspecified atom stereocenters. The molecule has 2 atom stereocenters. The molecule has 0 bridgehead atoms. The number of hydrogen-bond donors (Lipinski definition) is 5. The Morgan fingerprint density at radius 1 is 1.33 bits per heavy atom. The summed E-state index contributed by atoms with van der Waals surface area (Å²) in [4.78, 5) is 33.0. The molecule has 0 aromatic heterocycles. The van der Waals surface area contributed by atoms with Crippen molar-refractivity contribution in [3.8, 4) is 0 Å². The van der Waals surface area contributed by atoms with E-state index in [1.165, 1.54) is 0 Å². The van der Waals surface area contributed by atoms with Crippen molar-refractivity contribution in [2.24, 2.45) is 11.7 Å². The van der Waals surface area contributed by atoms with Gasteiger partial charge in [0.2, 0.25) is 5.91 Å². The number of carbonyl (C=O) groups excluding carboxylic acids is 2. The summed E-state index contributed by atoms with van der Waals surface area (Å²) in [6, 6.07) is -1.74. The molecule has 0 radical (unpaired) electrons. The van der Waals surface area contributed by atoms with Crippen LogP contribution in [0.2, 0.25) is 0 Å². The Morgan fingerprint density at radius 3 is 2.17 bits per heavy atom. The zero-order valence-electron chi connectivity index (χ0n) is 10.6. The van der Waals surface area contributed by atoms with E-state index in [2.05, 4.69) is 10.6 Å². The summed E-state index contributed by atoms with van der Waals surface area (Å²) in [5.41, 5.74) is 2.86. The Labute approximate surface area is 105 Å². The van der Waals surface area contributed by atoms with E-state index in [9.17, 15) is 19.5 Å². The first-order valence-electron chi connectivity index (χ1n) is 5.37. The van der Waals surface area contributed by atoms with Crippen molar-refractivity contribution >= 4 is 17.9 Å². The topological polar surface area (TPSA) is 142 Å². The van der Waals surface area contributed by atoms with Crippen molar-refractivity contribution in [1.82, 2.24) is 10.6 Å². The second kappa shape index (κ2) is 6.20. The van der Waals surface area contributed by atoms with Gasteiger partial charge in [-0.2, -0.15) is 0 Å².